The smallest absolute Gasteiger partial charge is 0.247 e. The molecule has 0 radical (unpaired) electrons. The second-order valence-corrected chi connectivity index (χ2v) is 7.88. The zero-order valence-electron chi connectivity index (χ0n) is 14.1. The highest BCUT2D eigenvalue weighted by Gasteiger charge is 2.30. The van der Waals surface area contributed by atoms with Gasteiger partial charge in [0.05, 0.1) is 18.4 Å². The van der Waals surface area contributed by atoms with Crippen LogP contribution in [-0.4, -0.2) is 39.0 Å². The standard InChI is InChI=1S/C17H19ClN2O4S/c1-20(25(3,22)23)16(12-7-5-4-6-8-12)17(21)19-13-9-10-15(24-2)14(18)11-13/h4-11,16H,1-3H3,(H,19,21)/t16-/m1/s1. The van der Waals surface area contributed by atoms with Crippen LogP contribution in [-0.2, 0) is 14.8 Å². The topological polar surface area (TPSA) is 75.7 Å². The first kappa shape index (κ1) is 19.2. The lowest BCUT2D eigenvalue weighted by atomic mass is 10.1. The molecule has 2 aromatic carbocycles. The van der Waals surface area contributed by atoms with Gasteiger partial charge >= 0.3 is 0 Å². The lowest BCUT2D eigenvalue weighted by Gasteiger charge is -2.25. The molecule has 0 saturated heterocycles. The number of likely N-dealkylation sites (N-methyl/N-ethyl adjacent to an activating group) is 1. The minimum absolute atomic E-state index is 0.341. The van der Waals surface area contributed by atoms with Gasteiger partial charge in [-0.2, -0.15) is 4.31 Å². The van der Waals surface area contributed by atoms with Gasteiger partial charge in [0.15, 0.2) is 0 Å². The third-order valence-corrected chi connectivity index (χ3v) is 5.22. The summed E-state index contributed by atoms with van der Waals surface area (Å²) in [7, 11) is -0.719. The maximum absolute atomic E-state index is 12.8. The molecule has 0 aliphatic heterocycles. The molecule has 0 aliphatic carbocycles. The maximum atomic E-state index is 12.8. The van der Waals surface area contributed by atoms with E-state index >= 15 is 0 Å². The highest BCUT2D eigenvalue weighted by Crippen LogP contribution is 2.29. The monoisotopic (exact) mass is 382 g/mol. The van der Waals surface area contributed by atoms with Crippen molar-refractivity contribution in [2.24, 2.45) is 0 Å². The zero-order chi connectivity index (χ0) is 18.6. The van der Waals surface area contributed by atoms with Gasteiger partial charge in [0.2, 0.25) is 15.9 Å². The molecule has 0 saturated carbocycles. The van der Waals surface area contributed by atoms with Crippen LogP contribution < -0.4 is 10.1 Å². The van der Waals surface area contributed by atoms with Gasteiger partial charge in [-0.25, -0.2) is 8.42 Å². The molecule has 134 valence electrons. The fourth-order valence-electron chi connectivity index (χ4n) is 2.31. The number of ether oxygens (including phenoxy) is 1. The first-order valence-corrected chi connectivity index (χ1v) is 9.59. The lowest BCUT2D eigenvalue weighted by molar-refractivity contribution is -0.119. The molecule has 0 unspecified atom stereocenters. The van der Waals surface area contributed by atoms with Crippen molar-refractivity contribution in [3.05, 3.63) is 59.1 Å². The van der Waals surface area contributed by atoms with Gasteiger partial charge in [-0.15, -0.1) is 0 Å². The summed E-state index contributed by atoms with van der Waals surface area (Å²) >= 11 is 6.06. The number of sulfonamides is 1. The molecule has 8 heteroatoms. The Morgan fingerprint density at radius 1 is 1.20 bits per heavy atom. The van der Waals surface area contributed by atoms with E-state index in [1.165, 1.54) is 14.2 Å². The Morgan fingerprint density at radius 2 is 1.84 bits per heavy atom. The number of carbonyl (C=O) groups excluding carboxylic acids is 1. The Morgan fingerprint density at radius 3 is 2.36 bits per heavy atom. The molecule has 0 aliphatic rings. The lowest BCUT2D eigenvalue weighted by Crippen LogP contribution is -2.38. The van der Waals surface area contributed by atoms with Gasteiger partial charge in [0.25, 0.3) is 0 Å². The Balaban J connectivity index is 2.34. The number of nitrogens with zero attached hydrogens (tertiary/aromatic N) is 1. The van der Waals surface area contributed by atoms with Crippen LogP contribution in [0.3, 0.4) is 0 Å². The van der Waals surface area contributed by atoms with Crippen molar-refractivity contribution in [3.8, 4) is 5.75 Å². The summed E-state index contributed by atoms with van der Waals surface area (Å²) in [5.74, 6) is -0.00659. The molecule has 2 aromatic rings. The van der Waals surface area contributed by atoms with E-state index in [0.717, 1.165) is 10.6 Å². The normalized spacial score (nSPS) is 12.7. The fourth-order valence-corrected chi connectivity index (χ4v) is 3.17. The van der Waals surface area contributed by atoms with Gasteiger partial charge in [0, 0.05) is 12.7 Å². The van der Waals surface area contributed by atoms with E-state index < -0.39 is 22.0 Å². The molecular formula is C17H19ClN2O4S. The Labute approximate surface area is 152 Å². The number of nitrogens with one attached hydrogen (secondary N) is 1. The van der Waals surface area contributed by atoms with Crippen LogP contribution in [0.15, 0.2) is 48.5 Å². The number of methoxy groups -OCH3 is 1. The van der Waals surface area contributed by atoms with Gasteiger partial charge in [-0.1, -0.05) is 41.9 Å². The SMILES string of the molecule is COc1ccc(NC(=O)[C@@H](c2ccccc2)N(C)S(C)(=O)=O)cc1Cl. The number of hydrogen-bond donors (Lipinski definition) is 1. The van der Waals surface area contributed by atoms with Crippen molar-refractivity contribution in [2.75, 3.05) is 25.7 Å². The fraction of sp³-hybridized carbons (Fsp3) is 0.235. The third kappa shape index (κ3) is 4.72. The van der Waals surface area contributed by atoms with E-state index in [0.29, 0.717) is 22.0 Å². The number of hydrogen-bond acceptors (Lipinski definition) is 4. The van der Waals surface area contributed by atoms with E-state index in [2.05, 4.69) is 5.32 Å². The molecule has 0 fully saturated rings. The van der Waals surface area contributed by atoms with Gasteiger partial charge < -0.3 is 10.1 Å². The summed E-state index contributed by atoms with van der Waals surface area (Å²) in [5, 5.41) is 3.04. The first-order chi connectivity index (χ1) is 11.7. The summed E-state index contributed by atoms with van der Waals surface area (Å²) < 4.78 is 30.0. The summed E-state index contributed by atoms with van der Waals surface area (Å²) in [5.41, 5.74) is 1.01. The van der Waals surface area contributed by atoms with Gasteiger partial charge in [-0.05, 0) is 23.8 Å². The quantitative estimate of drug-likeness (QED) is 0.833. The predicted octanol–water partition coefficient (Wildman–Crippen LogP) is 2.92. The van der Waals surface area contributed by atoms with Crippen LogP contribution in [0.25, 0.3) is 0 Å². The van der Waals surface area contributed by atoms with Crippen molar-refractivity contribution in [1.29, 1.82) is 0 Å². The van der Waals surface area contributed by atoms with E-state index in [-0.39, 0.29) is 0 Å². The van der Waals surface area contributed by atoms with E-state index in [4.69, 9.17) is 16.3 Å². The second-order valence-electron chi connectivity index (χ2n) is 5.43. The summed E-state index contributed by atoms with van der Waals surface area (Å²) in [6.07, 6.45) is 1.06. The summed E-state index contributed by atoms with van der Waals surface area (Å²) in [6, 6.07) is 12.5. The molecule has 1 N–H and O–H groups in total. The first-order valence-electron chi connectivity index (χ1n) is 7.36. The Bertz CT molecular complexity index is 856. The van der Waals surface area contributed by atoms with E-state index in [9.17, 15) is 13.2 Å². The number of halogens is 1. The maximum Gasteiger partial charge on any atom is 0.247 e. The van der Waals surface area contributed by atoms with E-state index in [1.807, 2.05) is 0 Å². The predicted molar refractivity (Wildman–Crippen MR) is 98.4 cm³/mol. The summed E-state index contributed by atoms with van der Waals surface area (Å²) in [6.45, 7) is 0. The molecule has 6 nitrogen and oxygen atoms in total. The minimum Gasteiger partial charge on any atom is -0.495 e. The molecule has 0 bridgehead atoms. The van der Waals surface area contributed by atoms with Gasteiger partial charge in [0.1, 0.15) is 11.8 Å². The Kier molecular flexibility index (Phi) is 6.05. The van der Waals surface area contributed by atoms with Crippen molar-refractivity contribution in [1.82, 2.24) is 4.31 Å². The molecule has 0 heterocycles. The second kappa shape index (κ2) is 7.86. The van der Waals surface area contributed by atoms with Crippen LogP contribution in [0.1, 0.15) is 11.6 Å². The molecule has 1 atom stereocenters. The van der Waals surface area contributed by atoms with Crippen LogP contribution >= 0.6 is 11.6 Å². The molecule has 1 amide bonds. The number of rotatable bonds is 6. The molecule has 0 aromatic heterocycles. The van der Waals surface area contributed by atoms with Crippen LogP contribution in [0.5, 0.6) is 5.75 Å². The van der Waals surface area contributed by atoms with Crippen molar-refractivity contribution < 1.29 is 17.9 Å². The van der Waals surface area contributed by atoms with Gasteiger partial charge in [-0.3, -0.25) is 4.79 Å². The van der Waals surface area contributed by atoms with Crippen LogP contribution in [0.2, 0.25) is 5.02 Å². The third-order valence-electron chi connectivity index (χ3n) is 3.67. The average Bonchev–Trinajstić information content (AvgIpc) is 2.55. The highest BCUT2D eigenvalue weighted by atomic mass is 35.5. The molecule has 0 spiro atoms. The van der Waals surface area contributed by atoms with Crippen molar-refractivity contribution in [3.63, 3.8) is 0 Å². The molecule has 2 rings (SSSR count). The largest absolute Gasteiger partial charge is 0.495 e. The van der Waals surface area contributed by atoms with Crippen molar-refractivity contribution >= 4 is 33.2 Å². The number of amides is 1. The van der Waals surface area contributed by atoms with Crippen LogP contribution in [0, 0.1) is 0 Å². The number of carbonyl (C=O) groups is 1. The number of anilines is 1. The highest BCUT2D eigenvalue weighted by molar-refractivity contribution is 7.88. The molecular weight excluding hydrogens is 364 g/mol. The van der Waals surface area contributed by atoms with Crippen LogP contribution in [0.4, 0.5) is 5.69 Å². The average molecular weight is 383 g/mol. The molecule has 25 heavy (non-hydrogen) atoms. The number of benzene rings is 2. The Hall–Kier alpha value is -2.09. The minimum atomic E-state index is -3.58. The van der Waals surface area contributed by atoms with Crippen molar-refractivity contribution in [2.45, 2.75) is 6.04 Å². The zero-order valence-corrected chi connectivity index (χ0v) is 15.6. The van der Waals surface area contributed by atoms with E-state index in [1.54, 1.807) is 48.5 Å². The summed E-state index contributed by atoms with van der Waals surface area (Å²) in [4.78, 5) is 12.8.